The molecule has 2 aromatic rings. The van der Waals surface area contributed by atoms with Gasteiger partial charge in [0.25, 0.3) is 0 Å². The third-order valence-corrected chi connectivity index (χ3v) is 2.70. The van der Waals surface area contributed by atoms with Crippen LogP contribution in [0.3, 0.4) is 0 Å². The highest BCUT2D eigenvalue weighted by molar-refractivity contribution is 6.28. The molecule has 0 saturated carbocycles. The third-order valence-electron chi connectivity index (χ3n) is 2.53. The molecule has 3 heterocycles. The van der Waals surface area contributed by atoms with Gasteiger partial charge in [-0.1, -0.05) is 0 Å². The van der Waals surface area contributed by atoms with Gasteiger partial charge in [0.15, 0.2) is 11.5 Å². The Labute approximate surface area is 96.4 Å². The minimum atomic E-state index is 0.195. The van der Waals surface area contributed by atoms with Gasteiger partial charge in [-0.2, -0.15) is 9.97 Å². The zero-order valence-electron chi connectivity index (χ0n) is 8.40. The molecular formula is C9H10ClN5O. The summed E-state index contributed by atoms with van der Waals surface area (Å²) in [7, 11) is 0. The molecule has 6 nitrogen and oxygen atoms in total. The Morgan fingerprint density at radius 2 is 2.44 bits per heavy atom. The topological polar surface area (TPSA) is 75.7 Å². The first-order chi connectivity index (χ1) is 7.83. The van der Waals surface area contributed by atoms with E-state index in [9.17, 15) is 0 Å². The Morgan fingerprint density at radius 1 is 1.50 bits per heavy atom. The number of ether oxygens (including phenoxy) is 1. The van der Waals surface area contributed by atoms with Crippen molar-refractivity contribution in [3.05, 3.63) is 11.6 Å². The van der Waals surface area contributed by atoms with Gasteiger partial charge in [-0.05, 0) is 18.0 Å². The van der Waals surface area contributed by atoms with E-state index in [0.29, 0.717) is 18.1 Å². The fourth-order valence-electron chi connectivity index (χ4n) is 1.75. The molecule has 1 unspecified atom stereocenters. The maximum atomic E-state index is 5.82. The predicted molar refractivity (Wildman–Crippen MR) is 59.5 cm³/mol. The quantitative estimate of drug-likeness (QED) is 0.771. The summed E-state index contributed by atoms with van der Waals surface area (Å²) in [4.78, 5) is 15.2. The van der Waals surface area contributed by atoms with Crippen LogP contribution in [-0.4, -0.2) is 39.2 Å². The summed E-state index contributed by atoms with van der Waals surface area (Å²) in [5.41, 5.74) is 1.35. The summed E-state index contributed by atoms with van der Waals surface area (Å²) in [6.45, 7) is 1.47. The fourth-order valence-corrected chi connectivity index (χ4v) is 1.92. The van der Waals surface area contributed by atoms with E-state index in [0.717, 1.165) is 18.5 Å². The summed E-state index contributed by atoms with van der Waals surface area (Å²) in [6, 6.07) is 0.275. The number of nitrogens with zero attached hydrogens (tertiary/aromatic N) is 3. The predicted octanol–water partition coefficient (Wildman–Crippen LogP) is 1.21. The van der Waals surface area contributed by atoms with Crippen molar-refractivity contribution >= 4 is 28.6 Å². The molecule has 84 valence electrons. The van der Waals surface area contributed by atoms with Crippen LogP contribution in [0.5, 0.6) is 0 Å². The number of nitrogens with one attached hydrogen (secondary N) is 2. The van der Waals surface area contributed by atoms with E-state index in [1.54, 1.807) is 6.33 Å². The van der Waals surface area contributed by atoms with Gasteiger partial charge in [-0.25, -0.2) is 4.98 Å². The molecular weight excluding hydrogens is 230 g/mol. The molecule has 1 saturated heterocycles. The monoisotopic (exact) mass is 239 g/mol. The highest BCUT2D eigenvalue weighted by Gasteiger charge is 2.18. The third kappa shape index (κ3) is 1.70. The van der Waals surface area contributed by atoms with Crippen molar-refractivity contribution in [2.24, 2.45) is 0 Å². The molecule has 16 heavy (non-hydrogen) atoms. The Kier molecular flexibility index (Phi) is 2.37. The number of aromatic nitrogens is 4. The van der Waals surface area contributed by atoms with Crippen molar-refractivity contribution < 1.29 is 4.74 Å². The van der Waals surface area contributed by atoms with Crippen LogP contribution in [0.25, 0.3) is 11.2 Å². The number of rotatable bonds is 2. The van der Waals surface area contributed by atoms with E-state index in [1.165, 1.54) is 0 Å². The lowest BCUT2D eigenvalue weighted by molar-refractivity contribution is 0.195. The SMILES string of the molecule is Clc1nc(NC2CCOC2)c2[nH]cnc2n1. The molecule has 1 fully saturated rings. The molecule has 2 aromatic heterocycles. The van der Waals surface area contributed by atoms with E-state index >= 15 is 0 Å². The van der Waals surface area contributed by atoms with Gasteiger partial charge >= 0.3 is 0 Å². The minimum Gasteiger partial charge on any atom is -0.379 e. The number of halogens is 1. The van der Waals surface area contributed by atoms with Gasteiger partial charge in [0.05, 0.1) is 19.0 Å². The fraction of sp³-hybridized carbons (Fsp3) is 0.444. The number of anilines is 1. The normalized spacial score (nSPS) is 20.4. The molecule has 1 aliphatic heterocycles. The van der Waals surface area contributed by atoms with Crippen molar-refractivity contribution in [3.8, 4) is 0 Å². The van der Waals surface area contributed by atoms with Crippen molar-refractivity contribution in [1.29, 1.82) is 0 Å². The largest absolute Gasteiger partial charge is 0.379 e. The molecule has 0 aliphatic carbocycles. The first kappa shape index (κ1) is 9.80. The first-order valence-electron chi connectivity index (χ1n) is 5.04. The molecule has 1 aliphatic rings. The second kappa shape index (κ2) is 3.88. The smallest absolute Gasteiger partial charge is 0.226 e. The summed E-state index contributed by atoms with van der Waals surface area (Å²) in [5, 5.41) is 3.47. The summed E-state index contributed by atoms with van der Waals surface area (Å²) in [6.07, 6.45) is 2.54. The number of hydrogen-bond donors (Lipinski definition) is 2. The molecule has 0 spiro atoms. The second-order valence-corrected chi connectivity index (χ2v) is 3.99. The van der Waals surface area contributed by atoms with E-state index in [4.69, 9.17) is 16.3 Å². The van der Waals surface area contributed by atoms with Gasteiger partial charge in [-0.15, -0.1) is 0 Å². The van der Waals surface area contributed by atoms with Crippen LogP contribution in [0.4, 0.5) is 5.82 Å². The molecule has 0 bridgehead atoms. The zero-order valence-corrected chi connectivity index (χ0v) is 9.16. The van der Waals surface area contributed by atoms with Crippen LogP contribution in [-0.2, 0) is 4.74 Å². The summed E-state index contributed by atoms with van der Waals surface area (Å²) >= 11 is 5.82. The average molecular weight is 240 g/mol. The van der Waals surface area contributed by atoms with E-state index < -0.39 is 0 Å². The molecule has 7 heteroatoms. The number of aromatic amines is 1. The highest BCUT2D eigenvalue weighted by atomic mass is 35.5. The van der Waals surface area contributed by atoms with Crippen LogP contribution in [0.1, 0.15) is 6.42 Å². The minimum absolute atomic E-state index is 0.195. The molecule has 3 rings (SSSR count). The standard InChI is InChI=1S/C9H10ClN5O/c10-9-14-7-6(11-4-12-7)8(15-9)13-5-1-2-16-3-5/h4-5H,1-3H2,(H2,11,12,13,14,15). The molecule has 0 aromatic carbocycles. The molecule has 1 atom stereocenters. The zero-order chi connectivity index (χ0) is 11.0. The highest BCUT2D eigenvalue weighted by Crippen LogP contribution is 2.20. The van der Waals surface area contributed by atoms with E-state index in [1.807, 2.05) is 0 Å². The van der Waals surface area contributed by atoms with Gasteiger partial charge in [0.2, 0.25) is 5.28 Å². The lowest BCUT2D eigenvalue weighted by atomic mass is 10.2. The molecule has 0 radical (unpaired) electrons. The summed E-state index contributed by atoms with van der Waals surface area (Å²) in [5.74, 6) is 0.683. The van der Waals surface area contributed by atoms with Crippen molar-refractivity contribution in [2.45, 2.75) is 12.5 Å². The van der Waals surface area contributed by atoms with Gasteiger partial charge in [0, 0.05) is 6.61 Å². The number of H-pyrrole nitrogens is 1. The lowest BCUT2D eigenvalue weighted by Gasteiger charge is -2.11. The Bertz CT molecular complexity index is 508. The molecule has 0 amide bonds. The number of hydrogen-bond acceptors (Lipinski definition) is 5. The van der Waals surface area contributed by atoms with Crippen LogP contribution in [0.15, 0.2) is 6.33 Å². The van der Waals surface area contributed by atoms with Crippen molar-refractivity contribution in [3.63, 3.8) is 0 Å². The number of imidazole rings is 1. The van der Waals surface area contributed by atoms with Crippen LogP contribution >= 0.6 is 11.6 Å². The maximum Gasteiger partial charge on any atom is 0.226 e. The Hall–Kier alpha value is -1.40. The van der Waals surface area contributed by atoms with Gasteiger partial charge < -0.3 is 15.0 Å². The van der Waals surface area contributed by atoms with Crippen molar-refractivity contribution in [1.82, 2.24) is 19.9 Å². The van der Waals surface area contributed by atoms with Gasteiger partial charge in [-0.3, -0.25) is 0 Å². The molecule has 2 N–H and O–H groups in total. The average Bonchev–Trinajstić information content (AvgIpc) is 2.87. The number of fused-ring (bicyclic) bond motifs is 1. The van der Waals surface area contributed by atoms with E-state index in [2.05, 4.69) is 25.3 Å². The van der Waals surface area contributed by atoms with Crippen LogP contribution in [0, 0.1) is 0 Å². The summed E-state index contributed by atoms with van der Waals surface area (Å²) < 4.78 is 5.29. The van der Waals surface area contributed by atoms with Crippen LogP contribution in [0.2, 0.25) is 5.28 Å². The van der Waals surface area contributed by atoms with E-state index in [-0.39, 0.29) is 11.3 Å². The Morgan fingerprint density at radius 3 is 3.25 bits per heavy atom. The van der Waals surface area contributed by atoms with Crippen LogP contribution < -0.4 is 5.32 Å². The lowest BCUT2D eigenvalue weighted by Crippen LogP contribution is -2.20. The Balaban J connectivity index is 1.97. The van der Waals surface area contributed by atoms with Gasteiger partial charge in [0.1, 0.15) is 5.52 Å². The second-order valence-electron chi connectivity index (χ2n) is 3.65. The first-order valence-corrected chi connectivity index (χ1v) is 5.41. The maximum absolute atomic E-state index is 5.82. The van der Waals surface area contributed by atoms with Crippen molar-refractivity contribution in [2.75, 3.05) is 18.5 Å².